The molecular formula is C16H19FN2. The van der Waals surface area contributed by atoms with Gasteiger partial charge in [-0.05, 0) is 36.2 Å². The molecule has 0 heterocycles. The fourth-order valence-electron chi connectivity index (χ4n) is 2.10. The van der Waals surface area contributed by atoms with Crippen LogP contribution >= 0.6 is 0 Å². The second-order valence-corrected chi connectivity index (χ2v) is 4.66. The van der Waals surface area contributed by atoms with Gasteiger partial charge in [-0.3, -0.25) is 0 Å². The van der Waals surface area contributed by atoms with Crippen LogP contribution in [0.2, 0.25) is 0 Å². The largest absolute Gasteiger partial charge is 0.368 e. The highest BCUT2D eigenvalue weighted by molar-refractivity contribution is 5.47. The Morgan fingerprint density at radius 2 is 1.63 bits per heavy atom. The van der Waals surface area contributed by atoms with E-state index in [2.05, 4.69) is 24.3 Å². The summed E-state index contributed by atoms with van der Waals surface area (Å²) in [5.41, 5.74) is 8.54. The zero-order valence-electron chi connectivity index (χ0n) is 11.1. The first-order valence-corrected chi connectivity index (χ1v) is 6.44. The standard InChI is InChI=1S/C16H19FN2/c1-19(16-5-3-2-4-15(16)17)12-14-8-6-13(7-9-14)10-11-18/h2-9H,10-12,18H2,1H3. The summed E-state index contributed by atoms with van der Waals surface area (Å²) in [5.74, 6) is -0.190. The molecular weight excluding hydrogens is 239 g/mol. The summed E-state index contributed by atoms with van der Waals surface area (Å²) in [6, 6.07) is 15.1. The molecule has 0 saturated carbocycles. The highest BCUT2D eigenvalue weighted by Crippen LogP contribution is 2.19. The molecule has 0 radical (unpaired) electrons. The van der Waals surface area contributed by atoms with Gasteiger partial charge < -0.3 is 10.6 Å². The van der Waals surface area contributed by atoms with E-state index in [1.165, 1.54) is 11.6 Å². The summed E-state index contributed by atoms with van der Waals surface area (Å²) in [4.78, 5) is 1.91. The molecule has 2 rings (SSSR count). The summed E-state index contributed by atoms with van der Waals surface area (Å²) in [5, 5.41) is 0. The highest BCUT2D eigenvalue weighted by atomic mass is 19.1. The van der Waals surface area contributed by atoms with Crippen molar-refractivity contribution in [2.24, 2.45) is 5.73 Å². The average molecular weight is 258 g/mol. The van der Waals surface area contributed by atoms with Gasteiger partial charge in [-0.25, -0.2) is 4.39 Å². The molecule has 0 atom stereocenters. The van der Waals surface area contributed by atoms with Gasteiger partial charge in [0.1, 0.15) is 5.82 Å². The molecule has 0 saturated heterocycles. The van der Waals surface area contributed by atoms with E-state index in [1.807, 2.05) is 18.0 Å². The van der Waals surface area contributed by atoms with Gasteiger partial charge in [0.25, 0.3) is 0 Å². The molecule has 0 aromatic heterocycles. The number of para-hydroxylation sites is 1. The number of nitrogens with zero attached hydrogens (tertiary/aromatic N) is 1. The lowest BCUT2D eigenvalue weighted by Crippen LogP contribution is -2.17. The minimum absolute atomic E-state index is 0.190. The monoisotopic (exact) mass is 258 g/mol. The molecule has 0 spiro atoms. The van der Waals surface area contributed by atoms with Crippen LogP contribution < -0.4 is 10.6 Å². The number of anilines is 1. The Bertz CT molecular complexity index is 523. The van der Waals surface area contributed by atoms with Crippen molar-refractivity contribution in [1.29, 1.82) is 0 Å². The van der Waals surface area contributed by atoms with Gasteiger partial charge in [0, 0.05) is 13.6 Å². The summed E-state index contributed by atoms with van der Waals surface area (Å²) in [7, 11) is 1.90. The lowest BCUT2D eigenvalue weighted by molar-refractivity contribution is 0.622. The van der Waals surface area contributed by atoms with Crippen LogP contribution in [0.15, 0.2) is 48.5 Å². The molecule has 2 N–H and O–H groups in total. The van der Waals surface area contributed by atoms with Gasteiger partial charge in [-0.15, -0.1) is 0 Å². The Labute approximate surface area is 113 Å². The summed E-state index contributed by atoms with van der Waals surface area (Å²) >= 11 is 0. The smallest absolute Gasteiger partial charge is 0.146 e. The maximum Gasteiger partial charge on any atom is 0.146 e. The van der Waals surface area contributed by atoms with E-state index in [0.29, 0.717) is 18.8 Å². The lowest BCUT2D eigenvalue weighted by atomic mass is 10.1. The van der Waals surface area contributed by atoms with Gasteiger partial charge >= 0.3 is 0 Å². The third-order valence-electron chi connectivity index (χ3n) is 3.14. The average Bonchev–Trinajstić information content (AvgIpc) is 2.42. The van der Waals surface area contributed by atoms with E-state index >= 15 is 0 Å². The minimum atomic E-state index is -0.190. The molecule has 0 aliphatic rings. The molecule has 0 aliphatic heterocycles. The molecule has 0 fully saturated rings. The fraction of sp³-hybridized carbons (Fsp3) is 0.250. The molecule has 2 aromatic carbocycles. The van der Waals surface area contributed by atoms with Crippen molar-refractivity contribution >= 4 is 5.69 Å². The van der Waals surface area contributed by atoms with Crippen LogP contribution in [0.5, 0.6) is 0 Å². The SMILES string of the molecule is CN(Cc1ccc(CCN)cc1)c1ccccc1F. The van der Waals surface area contributed by atoms with Crippen molar-refractivity contribution in [3.05, 3.63) is 65.5 Å². The fourth-order valence-corrected chi connectivity index (χ4v) is 2.10. The topological polar surface area (TPSA) is 29.3 Å². The summed E-state index contributed by atoms with van der Waals surface area (Å²) in [6.45, 7) is 1.35. The number of halogens is 1. The van der Waals surface area contributed by atoms with Crippen LogP contribution in [0.4, 0.5) is 10.1 Å². The maximum atomic E-state index is 13.7. The molecule has 2 aromatic rings. The van der Waals surface area contributed by atoms with Crippen molar-refractivity contribution in [2.45, 2.75) is 13.0 Å². The van der Waals surface area contributed by atoms with Crippen LogP contribution in [-0.4, -0.2) is 13.6 Å². The van der Waals surface area contributed by atoms with Crippen LogP contribution in [0.3, 0.4) is 0 Å². The Morgan fingerprint density at radius 1 is 1.00 bits per heavy atom. The normalized spacial score (nSPS) is 10.5. The highest BCUT2D eigenvalue weighted by Gasteiger charge is 2.06. The minimum Gasteiger partial charge on any atom is -0.368 e. The molecule has 0 bridgehead atoms. The molecule has 100 valence electrons. The van der Waals surface area contributed by atoms with Gasteiger partial charge in [0.2, 0.25) is 0 Å². The molecule has 0 amide bonds. The Morgan fingerprint density at radius 3 is 2.26 bits per heavy atom. The second kappa shape index (κ2) is 6.34. The van der Waals surface area contributed by atoms with Crippen LogP contribution in [0.1, 0.15) is 11.1 Å². The van der Waals surface area contributed by atoms with Gasteiger partial charge in [0.05, 0.1) is 5.69 Å². The van der Waals surface area contributed by atoms with Gasteiger partial charge in [-0.2, -0.15) is 0 Å². The van der Waals surface area contributed by atoms with Crippen molar-refractivity contribution in [3.63, 3.8) is 0 Å². The van der Waals surface area contributed by atoms with E-state index in [1.54, 1.807) is 12.1 Å². The lowest BCUT2D eigenvalue weighted by Gasteiger charge is -2.20. The second-order valence-electron chi connectivity index (χ2n) is 4.66. The number of hydrogen-bond donors (Lipinski definition) is 1. The van der Waals surface area contributed by atoms with Crippen molar-refractivity contribution in [2.75, 3.05) is 18.5 Å². The molecule has 2 nitrogen and oxygen atoms in total. The quantitative estimate of drug-likeness (QED) is 0.893. The summed E-state index contributed by atoms with van der Waals surface area (Å²) < 4.78 is 13.7. The van der Waals surface area contributed by atoms with E-state index in [0.717, 1.165) is 12.0 Å². The Hall–Kier alpha value is -1.87. The first-order valence-electron chi connectivity index (χ1n) is 6.44. The number of rotatable bonds is 5. The predicted octanol–water partition coefficient (Wildman–Crippen LogP) is 2.96. The zero-order valence-corrected chi connectivity index (χ0v) is 11.1. The van der Waals surface area contributed by atoms with Crippen molar-refractivity contribution in [1.82, 2.24) is 0 Å². The number of hydrogen-bond acceptors (Lipinski definition) is 2. The van der Waals surface area contributed by atoms with E-state index in [9.17, 15) is 4.39 Å². The van der Waals surface area contributed by atoms with E-state index in [4.69, 9.17) is 5.73 Å². The first-order chi connectivity index (χ1) is 9.20. The molecule has 0 aliphatic carbocycles. The molecule has 0 unspecified atom stereocenters. The van der Waals surface area contributed by atoms with Crippen LogP contribution in [0.25, 0.3) is 0 Å². The Balaban J connectivity index is 2.06. The van der Waals surface area contributed by atoms with E-state index < -0.39 is 0 Å². The predicted molar refractivity (Wildman–Crippen MR) is 77.7 cm³/mol. The molecule has 19 heavy (non-hydrogen) atoms. The number of benzene rings is 2. The van der Waals surface area contributed by atoms with E-state index in [-0.39, 0.29) is 5.82 Å². The zero-order chi connectivity index (χ0) is 13.7. The maximum absolute atomic E-state index is 13.7. The van der Waals surface area contributed by atoms with Gasteiger partial charge in [-0.1, -0.05) is 36.4 Å². The van der Waals surface area contributed by atoms with Crippen LogP contribution in [-0.2, 0) is 13.0 Å². The van der Waals surface area contributed by atoms with Gasteiger partial charge in [0.15, 0.2) is 0 Å². The van der Waals surface area contributed by atoms with Crippen molar-refractivity contribution in [3.8, 4) is 0 Å². The number of nitrogens with two attached hydrogens (primary N) is 1. The third-order valence-corrected chi connectivity index (χ3v) is 3.14. The molecule has 3 heteroatoms. The Kier molecular flexibility index (Phi) is 4.53. The van der Waals surface area contributed by atoms with Crippen molar-refractivity contribution < 1.29 is 4.39 Å². The first kappa shape index (κ1) is 13.6. The summed E-state index contributed by atoms with van der Waals surface area (Å²) in [6.07, 6.45) is 0.892. The van der Waals surface area contributed by atoms with Crippen LogP contribution in [0, 0.1) is 5.82 Å². The third kappa shape index (κ3) is 3.55.